The van der Waals surface area contributed by atoms with E-state index in [1.54, 1.807) is 41.8 Å². The van der Waals surface area contributed by atoms with Gasteiger partial charge >= 0.3 is 0 Å². The highest BCUT2D eigenvalue weighted by Gasteiger charge is 2.22. The molecule has 0 atom stereocenters. The Morgan fingerprint density at radius 2 is 2.10 bits per heavy atom. The summed E-state index contributed by atoms with van der Waals surface area (Å²) < 4.78 is 40.8. The van der Waals surface area contributed by atoms with E-state index in [9.17, 15) is 12.8 Å². The number of rotatable bonds is 6. The molecule has 0 spiro atoms. The summed E-state index contributed by atoms with van der Waals surface area (Å²) in [6.45, 7) is 4.90. The minimum absolute atomic E-state index is 0.0663. The molecular weight excluding hydrogens is 409 g/mol. The van der Waals surface area contributed by atoms with Gasteiger partial charge in [-0.05, 0) is 41.7 Å². The second-order valence-electron chi connectivity index (χ2n) is 6.17. The molecule has 1 heterocycles. The zero-order chi connectivity index (χ0) is 21.2. The molecular formula is C21H18FN3O2S2. The van der Waals surface area contributed by atoms with Crippen LogP contribution in [0.2, 0.25) is 0 Å². The van der Waals surface area contributed by atoms with Gasteiger partial charge in [0, 0.05) is 5.56 Å². The Labute approximate surface area is 173 Å². The molecule has 29 heavy (non-hydrogen) atoms. The van der Waals surface area contributed by atoms with E-state index in [-0.39, 0.29) is 16.4 Å². The van der Waals surface area contributed by atoms with Gasteiger partial charge in [0.1, 0.15) is 5.82 Å². The molecule has 148 valence electrons. The Morgan fingerprint density at radius 1 is 1.38 bits per heavy atom. The van der Waals surface area contributed by atoms with Crippen LogP contribution in [0, 0.1) is 18.2 Å². The van der Waals surface area contributed by atoms with Crippen LogP contribution >= 0.6 is 11.8 Å². The highest BCUT2D eigenvalue weighted by Crippen LogP contribution is 2.32. The van der Waals surface area contributed by atoms with Gasteiger partial charge in [0.2, 0.25) is 5.95 Å². The number of fused-ring (bicyclic) bond motifs is 1. The Balaban J connectivity index is 2.26. The first-order chi connectivity index (χ1) is 13.8. The van der Waals surface area contributed by atoms with Crippen molar-refractivity contribution in [3.05, 3.63) is 76.3 Å². The summed E-state index contributed by atoms with van der Waals surface area (Å²) in [7, 11) is -3.92. The average Bonchev–Trinajstić information content (AvgIpc) is 3.01. The molecule has 0 bridgehead atoms. The minimum atomic E-state index is -3.92. The number of thioether (sulfide) groups is 1. The second-order valence-corrected chi connectivity index (χ2v) is 9.04. The van der Waals surface area contributed by atoms with Crippen LogP contribution in [0.1, 0.15) is 18.1 Å². The van der Waals surface area contributed by atoms with Crippen molar-refractivity contribution < 1.29 is 12.8 Å². The Bertz CT molecular complexity index is 1280. The van der Waals surface area contributed by atoms with Crippen molar-refractivity contribution in [2.24, 2.45) is 0 Å². The molecule has 3 aromatic rings. The van der Waals surface area contributed by atoms with E-state index in [1.165, 1.54) is 24.8 Å². The molecule has 8 heteroatoms. The van der Waals surface area contributed by atoms with Crippen molar-refractivity contribution in [2.45, 2.75) is 6.92 Å². The summed E-state index contributed by atoms with van der Waals surface area (Å²) in [6.07, 6.45) is 5.32. The summed E-state index contributed by atoms with van der Waals surface area (Å²) in [5.74, 6) is 2.36. The van der Waals surface area contributed by atoms with E-state index in [4.69, 9.17) is 12.2 Å². The van der Waals surface area contributed by atoms with Crippen molar-refractivity contribution >= 4 is 44.3 Å². The first kappa shape index (κ1) is 20.7. The van der Waals surface area contributed by atoms with Crippen molar-refractivity contribution in [2.75, 3.05) is 11.5 Å². The fraction of sp³-hybridized carbons (Fsp3) is 0.0952. The highest BCUT2D eigenvalue weighted by atomic mass is 32.2. The number of terminal acetylenes is 1. The molecule has 0 saturated carbocycles. The smallest absolute Gasteiger partial charge is 0.266 e. The Hall–Kier alpha value is -3.02. The number of nitrogen functional groups attached to an aromatic ring is 1. The van der Waals surface area contributed by atoms with E-state index in [0.717, 1.165) is 3.97 Å². The molecule has 0 radical (unpaired) electrons. The molecule has 1 aromatic heterocycles. The second kappa shape index (κ2) is 8.15. The van der Waals surface area contributed by atoms with E-state index < -0.39 is 15.8 Å². The molecule has 0 unspecified atom stereocenters. The zero-order valence-electron chi connectivity index (χ0n) is 15.6. The molecule has 5 nitrogen and oxygen atoms in total. The van der Waals surface area contributed by atoms with Gasteiger partial charge in [0.05, 0.1) is 21.7 Å². The summed E-state index contributed by atoms with van der Waals surface area (Å²) in [4.78, 5) is 4.06. The monoisotopic (exact) mass is 427 g/mol. The van der Waals surface area contributed by atoms with Crippen molar-refractivity contribution in [1.29, 1.82) is 0 Å². The highest BCUT2D eigenvalue weighted by molar-refractivity contribution is 8.02. The average molecular weight is 428 g/mol. The van der Waals surface area contributed by atoms with Crippen molar-refractivity contribution in [1.82, 2.24) is 8.96 Å². The number of hydrogen-bond donors (Lipinski definition) is 1. The number of aromatic nitrogens is 2. The van der Waals surface area contributed by atoms with Gasteiger partial charge in [0.15, 0.2) is 0 Å². The van der Waals surface area contributed by atoms with Crippen LogP contribution in [-0.2, 0) is 10.0 Å². The van der Waals surface area contributed by atoms with Crippen LogP contribution in [0.5, 0.6) is 0 Å². The largest absolute Gasteiger partial charge is 0.368 e. The molecule has 2 N–H and O–H groups in total. The number of anilines is 1. The quantitative estimate of drug-likeness (QED) is 0.471. The van der Waals surface area contributed by atoms with Gasteiger partial charge in [-0.15, -0.1) is 18.2 Å². The van der Waals surface area contributed by atoms with E-state index in [1.807, 2.05) is 0 Å². The number of allylic oxidation sites excluding steroid dienone is 1. The lowest BCUT2D eigenvalue weighted by Gasteiger charge is -2.11. The molecule has 0 aliphatic carbocycles. The first-order valence-electron chi connectivity index (χ1n) is 8.47. The normalized spacial score (nSPS) is 12.1. The van der Waals surface area contributed by atoms with Crippen LogP contribution in [0.4, 0.5) is 10.3 Å². The van der Waals surface area contributed by atoms with Crippen LogP contribution in [0.25, 0.3) is 16.6 Å². The van der Waals surface area contributed by atoms with Crippen LogP contribution in [-0.4, -0.2) is 23.1 Å². The topological polar surface area (TPSA) is 78.0 Å². The summed E-state index contributed by atoms with van der Waals surface area (Å²) >= 11 is 1.34. The third-order valence-electron chi connectivity index (χ3n) is 4.16. The maximum atomic E-state index is 14.5. The number of hydrogen-bond acceptors (Lipinski definition) is 5. The van der Waals surface area contributed by atoms with Crippen LogP contribution in [0.15, 0.2) is 59.4 Å². The first-order valence-corrected chi connectivity index (χ1v) is 11.0. The van der Waals surface area contributed by atoms with Crippen molar-refractivity contribution in [3.63, 3.8) is 0 Å². The number of nitrogens with two attached hydrogens (primary N) is 1. The Kier molecular flexibility index (Phi) is 5.82. The van der Waals surface area contributed by atoms with Crippen molar-refractivity contribution in [3.8, 4) is 12.3 Å². The molecule has 3 rings (SSSR count). The maximum Gasteiger partial charge on any atom is 0.266 e. The lowest BCUT2D eigenvalue weighted by molar-refractivity contribution is 0.596. The molecule has 0 aliphatic heterocycles. The third kappa shape index (κ3) is 3.92. The van der Waals surface area contributed by atoms with Gasteiger partial charge in [-0.2, -0.15) is 0 Å². The van der Waals surface area contributed by atoms with Gasteiger partial charge in [-0.25, -0.2) is 21.8 Å². The zero-order valence-corrected chi connectivity index (χ0v) is 17.2. The summed E-state index contributed by atoms with van der Waals surface area (Å²) in [5.41, 5.74) is 8.10. The molecule has 0 saturated heterocycles. The fourth-order valence-corrected chi connectivity index (χ4v) is 4.40. The fourth-order valence-electron chi connectivity index (χ4n) is 2.79. The number of halogens is 1. The van der Waals surface area contributed by atoms with E-state index >= 15 is 0 Å². The standard InChI is InChI=1S/C21H18FN3O2S2/c1-4-11-28-13-17(16-7-5-6-8-18(16)22)15-9-10-19-20(12-15)25(21(23)24-19)29(26,27)14(2)3/h1,5-10,12-13H,2,11H2,3H3,(H2,23,24)/b17-13+. The maximum absolute atomic E-state index is 14.5. The van der Waals surface area contributed by atoms with Crippen LogP contribution < -0.4 is 5.73 Å². The third-order valence-corrected chi connectivity index (χ3v) is 6.64. The summed E-state index contributed by atoms with van der Waals surface area (Å²) in [6, 6.07) is 11.3. The molecule has 0 amide bonds. The van der Waals surface area contributed by atoms with Gasteiger partial charge < -0.3 is 5.73 Å². The lowest BCUT2D eigenvalue weighted by atomic mass is 9.99. The lowest BCUT2D eigenvalue weighted by Crippen LogP contribution is -2.15. The number of imidazole rings is 1. The number of nitrogens with zero attached hydrogens (tertiary/aromatic N) is 2. The predicted octanol–water partition coefficient (Wildman–Crippen LogP) is 4.22. The molecule has 0 fully saturated rings. The SMILES string of the molecule is C#CCS/C=C(\c1ccc2nc(N)n(S(=O)(=O)C(=C)C)c2c1)c1ccccc1F. The minimum Gasteiger partial charge on any atom is -0.368 e. The van der Waals surface area contributed by atoms with Gasteiger partial charge in [0.25, 0.3) is 10.0 Å². The van der Waals surface area contributed by atoms with E-state index in [2.05, 4.69) is 17.5 Å². The Morgan fingerprint density at radius 3 is 2.76 bits per heavy atom. The van der Waals surface area contributed by atoms with Gasteiger partial charge in [-0.3, -0.25) is 0 Å². The van der Waals surface area contributed by atoms with E-state index in [0.29, 0.717) is 28.0 Å². The van der Waals surface area contributed by atoms with Crippen LogP contribution in [0.3, 0.4) is 0 Å². The molecule has 2 aromatic carbocycles. The molecule has 0 aliphatic rings. The predicted molar refractivity (Wildman–Crippen MR) is 118 cm³/mol. The van der Waals surface area contributed by atoms with Gasteiger partial charge in [-0.1, -0.05) is 36.8 Å². The summed E-state index contributed by atoms with van der Waals surface area (Å²) in [5, 5.41) is 1.76. The number of benzene rings is 2.